The zero-order valence-corrected chi connectivity index (χ0v) is 11.4. The first kappa shape index (κ1) is 13.1. The summed E-state index contributed by atoms with van der Waals surface area (Å²) in [6.45, 7) is 5.89. The quantitative estimate of drug-likeness (QED) is 0.920. The average Bonchev–Trinajstić information content (AvgIpc) is 2.76. The molecule has 1 aromatic heterocycles. The van der Waals surface area contributed by atoms with E-state index in [1.165, 1.54) is 5.56 Å². The van der Waals surface area contributed by atoms with Crippen LogP contribution in [0.4, 0.5) is 0 Å². The molecule has 0 fully saturated rings. The van der Waals surface area contributed by atoms with Gasteiger partial charge in [0.05, 0.1) is 6.04 Å². The van der Waals surface area contributed by atoms with Gasteiger partial charge >= 0.3 is 0 Å². The van der Waals surface area contributed by atoms with Crippen molar-refractivity contribution in [3.8, 4) is 0 Å². The van der Waals surface area contributed by atoms with E-state index < -0.39 is 0 Å². The number of rotatable bonds is 4. The van der Waals surface area contributed by atoms with Crippen LogP contribution in [0.1, 0.15) is 43.2 Å². The van der Waals surface area contributed by atoms with Crippen LogP contribution < -0.4 is 5.32 Å². The van der Waals surface area contributed by atoms with Gasteiger partial charge < -0.3 is 4.52 Å². The largest absolute Gasteiger partial charge is 0.338 e. The molecule has 5 heteroatoms. The lowest BCUT2D eigenvalue weighted by Gasteiger charge is -2.17. The Morgan fingerprint density at radius 2 is 1.83 bits per heavy atom. The fraction of sp³-hybridized carbons (Fsp3) is 0.385. The summed E-state index contributed by atoms with van der Waals surface area (Å²) in [5, 5.41) is 7.93. The van der Waals surface area contributed by atoms with Crippen molar-refractivity contribution in [1.29, 1.82) is 0 Å². The highest BCUT2D eigenvalue weighted by Gasteiger charge is 2.16. The van der Waals surface area contributed by atoms with E-state index in [-0.39, 0.29) is 12.1 Å². The zero-order valence-electron chi connectivity index (χ0n) is 10.6. The lowest BCUT2D eigenvalue weighted by Crippen LogP contribution is -2.22. The van der Waals surface area contributed by atoms with Crippen LogP contribution in [0.25, 0.3) is 0 Å². The Morgan fingerprint density at radius 1 is 1.17 bits per heavy atom. The van der Waals surface area contributed by atoms with Crippen LogP contribution in [-0.2, 0) is 0 Å². The third-order valence-corrected chi connectivity index (χ3v) is 3.04. The summed E-state index contributed by atoms with van der Waals surface area (Å²) in [4.78, 5) is 4.21. The fourth-order valence-electron chi connectivity index (χ4n) is 1.78. The first-order chi connectivity index (χ1) is 8.56. The molecule has 0 saturated heterocycles. The summed E-state index contributed by atoms with van der Waals surface area (Å²) in [5.41, 5.74) is 1.17. The summed E-state index contributed by atoms with van der Waals surface area (Å²) >= 11 is 5.87. The number of benzene rings is 1. The summed E-state index contributed by atoms with van der Waals surface area (Å²) in [5.74, 6) is 1.26. The average molecular weight is 266 g/mol. The maximum atomic E-state index is 5.87. The van der Waals surface area contributed by atoms with E-state index in [0.29, 0.717) is 11.7 Å². The number of hydrogen-bond donors (Lipinski definition) is 1. The second kappa shape index (κ2) is 5.50. The van der Waals surface area contributed by atoms with Crippen molar-refractivity contribution in [3.63, 3.8) is 0 Å². The van der Waals surface area contributed by atoms with E-state index in [1.807, 2.05) is 38.1 Å². The minimum Gasteiger partial charge on any atom is -0.338 e. The molecule has 0 saturated carbocycles. The molecule has 0 amide bonds. The van der Waals surface area contributed by atoms with Crippen molar-refractivity contribution in [2.75, 3.05) is 0 Å². The lowest BCUT2D eigenvalue weighted by atomic mass is 10.1. The van der Waals surface area contributed by atoms with Crippen LogP contribution in [0.2, 0.25) is 5.02 Å². The molecule has 0 spiro atoms. The van der Waals surface area contributed by atoms with Gasteiger partial charge in [0.2, 0.25) is 5.89 Å². The van der Waals surface area contributed by atoms with Crippen LogP contribution in [0, 0.1) is 6.92 Å². The Morgan fingerprint density at radius 3 is 2.39 bits per heavy atom. The number of aromatic nitrogens is 2. The van der Waals surface area contributed by atoms with Gasteiger partial charge in [-0.25, -0.2) is 0 Å². The van der Waals surface area contributed by atoms with E-state index in [0.717, 1.165) is 5.02 Å². The van der Waals surface area contributed by atoms with E-state index >= 15 is 0 Å². The summed E-state index contributed by atoms with van der Waals surface area (Å²) in [6.07, 6.45) is 0. The molecule has 96 valence electrons. The molecular weight excluding hydrogens is 250 g/mol. The molecule has 0 radical (unpaired) electrons. The normalized spacial score (nSPS) is 14.4. The highest BCUT2D eigenvalue weighted by atomic mass is 35.5. The predicted octanol–water partition coefficient (Wildman–Crippen LogP) is 3.44. The van der Waals surface area contributed by atoms with E-state index in [2.05, 4.69) is 22.4 Å². The van der Waals surface area contributed by atoms with Crippen LogP contribution in [-0.4, -0.2) is 10.1 Å². The van der Waals surface area contributed by atoms with Crippen molar-refractivity contribution < 1.29 is 4.52 Å². The molecule has 1 N–H and O–H groups in total. The molecule has 2 aromatic rings. The Labute approximate surface area is 111 Å². The van der Waals surface area contributed by atoms with Crippen molar-refractivity contribution in [2.45, 2.75) is 32.9 Å². The number of nitrogens with zero attached hydrogens (tertiary/aromatic N) is 2. The van der Waals surface area contributed by atoms with Crippen molar-refractivity contribution in [1.82, 2.24) is 15.5 Å². The van der Waals surface area contributed by atoms with Crippen LogP contribution in [0.3, 0.4) is 0 Å². The maximum absolute atomic E-state index is 5.87. The number of hydrogen-bond acceptors (Lipinski definition) is 4. The SMILES string of the molecule is Cc1noc([C@@H](C)N[C@H](C)c2ccc(Cl)cc2)n1. The van der Waals surface area contributed by atoms with Crippen LogP contribution >= 0.6 is 11.6 Å². The van der Waals surface area contributed by atoms with Crippen LogP contribution in [0.5, 0.6) is 0 Å². The summed E-state index contributed by atoms with van der Waals surface area (Å²) in [6, 6.07) is 7.98. The summed E-state index contributed by atoms with van der Waals surface area (Å²) in [7, 11) is 0. The molecule has 1 heterocycles. The number of aryl methyl sites for hydroxylation is 1. The molecular formula is C13H16ClN3O. The van der Waals surface area contributed by atoms with Crippen molar-refractivity contribution in [3.05, 3.63) is 46.6 Å². The lowest BCUT2D eigenvalue weighted by molar-refractivity contribution is 0.326. The van der Waals surface area contributed by atoms with Gasteiger partial charge in [0.1, 0.15) is 0 Å². The van der Waals surface area contributed by atoms with Gasteiger partial charge in [-0.05, 0) is 38.5 Å². The van der Waals surface area contributed by atoms with Gasteiger partial charge in [0, 0.05) is 11.1 Å². The van der Waals surface area contributed by atoms with E-state index in [1.54, 1.807) is 0 Å². The molecule has 18 heavy (non-hydrogen) atoms. The maximum Gasteiger partial charge on any atom is 0.243 e. The molecule has 1 aromatic carbocycles. The fourth-order valence-corrected chi connectivity index (χ4v) is 1.91. The molecule has 2 atom stereocenters. The standard InChI is InChI=1S/C13H16ClN3O/c1-8(11-4-6-12(14)7-5-11)15-9(2)13-16-10(3)17-18-13/h4-9,15H,1-3H3/t8-,9-/m1/s1. The Kier molecular flexibility index (Phi) is 3.99. The number of halogens is 1. The predicted molar refractivity (Wildman–Crippen MR) is 70.5 cm³/mol. The smallest absolute Gasteiger partial charge is 0.243 e. The molecule has 2 rings (SSSR count). The second-order valence-corrected chi connectivity index (χ2v) is 4.78. The van der Waals surface area contributed by atoms with Gasteiger partial charge in [-0.2, -0.15) is 4.98 Å². The van der Waals surface area contributed by atoms with Gasteiger partial charge in [0.25, 0.3) is 0 Å². The Bertz CT molecular complexity index is 509. The van der Waals surface area contributed by atoms with Gasteiger partial charge in [-0.1, -0.05) is 28.9 Å². The van der Waals surface area contributed by atoms with E-state index in [4.69, 9.17) is 16.1 Å². The molecule has 0 aliphatic heterocycles. The first-order valence-corrected chi connectivity index (χ1v) is 6.26. The molecule has 4 nitrogen and oxygen atoms in total. The third kappa shape index (κ3) is 3.09. The Hall–Kier alpha value is -1.39. The topological polar surface area (TPSA) is 51.0 Å². The second-order valence-electron chi connectivity index (χ2n) is 4.34. The van der Waals surface area contributed by atoms with Crippen molar-refractivity contribution in [2.24, 2.45) is 0 Å². The number of nitrogens with one attached hydrogen (secondary N) is 1. The summed E-state index contributed by atoms with van der Waals surface area (Å²) < 4.78 is 5.14. The monoisotopic (exact) mass is 265 g/mol. The highest BCUT2D eigenvalue weighted by Crippen LogP contribution is 2.20. The first-order valence-electron chi connectivity index (χ1n) is 5.88. The van der Waals surface area contributed by atoms with E-state index in [9.17, 15) is 0 Å². The zero-order chi connectivity index (χ0) is 13.1. The van der Waals surface area contributed by atoms with Crippen LogP contribution in [0.15, 0.2) is 28.8 Å². The molecule has 0 aliphatic carbocycles. The molecule has 0 aliphatic rings. The van der Waals surface area contributed by atoms with Gasteiger partial charge in [0.15, 0.2) is 5.82 Å². The molecule has 0 bridgehead atoms. The van der Waals surface area contributed by atoms with Gasteiger partial charge in [-0.3, -0.25) is 5.32 Å². The Balaban J connectivity index is 2.02. The molecule has 0 unspecified atom stereocenters. The highest BCUT2D eigenvalue weighted by molar-refractivity contribution is 6.30. The van der Waals surface area contributed by atoms with Crippen molar-refractivity contribution >= 4 is 11.6 Å². The third-order valence-electron chi connectivity index (χ3n) is 2.78. The van der Waals surface area contributed by atoms with Gasteiger partial charge in [-0.15, -0.1) is 0 Å². The minimum atomic E-state index is 0.0110. The minimum absolute atomic E-state index is 0.0110.